The van der Waals surface area contributed by atoms with E-state index in [0.29, 0.717) is 42.6 Å². The first-order chi connectivity index (χ1) is 16.4. The summed E-state index contributed by atoms with van der Waals surface area (Å²) < 4.78 is 16.1. The lowest BCUT2D eigenvalue weighted by Crippen LogP contribution is -2.45. The van der Waals surface area contributed by atoms with Crippen molar-refractivity contribution < 1.29 is 23.6 Å². The lowest BCUT2D eigenvalue weighted by molar-refractivity contribution is -0.130. The average Bonchev–Trinajstić information content (AvgIpc) is 3.20. The minimum absolute atomic E-state index is 0.00580. The van der Waals surface area contributed by atoms with Gasteiger partial charge in [-0.1, -0.05) is 36.9 Å². The van der Waals surface area contributed by atoms with Gasteiger partial charge in [0.05, 0.1) is 14.2 Å². The summed E-state index contributed by atoms with van der Waals surface area (Å²) in [6.07, 6.45) is 7.21. The van der Waals surface area contributed by atoms with Gasteiger partial charge >= 0.3 is 0 Å². The van der Waals surface area contributed by atoms with E-state index in [1.54, 1.807) is 26.2 Å². The number of benzene rings is 1. The van der Waals surface area contributed by atoms with Gasteiger partial charge in [-0.05, 0) is 37.0 Å². The first-order valence-electron chi connectivity index (χ1n) is 11.9. The van der Waals surface area contributed by atoms with E-state index in [-0.39, 0.29) is 18.2 Å². The summed E-state index contributed by atoms with van der Waals surface area (Å²) in [5.41, 5.74) is 0.482. The molecule has 9 heteroatoms. The van der Waals surface area contributed by atoms with Crippen LogP contribution in [0.5, 0.6) is 11.5 Å². The number of methoxy groups -OCH3 is 2. The van der Waals surface area contributed by atoms with Crippen LogP contribution >= 0.6 is 0 Å². The van der Waals surface area contributed by atoms with Crippen molar-refractivity contribution in [1.29, 1.82) is 0 Å². The molecule has 0 spiro atoms. The molecule has 1 N–H and O–H groups in total. The fourth-order valence-electron chi connectivity index (χ4n) is 4.49. The van der Waals surface area contributed by atoms with Gasteiger partial charge in [0, 0.05) is 33.4 Å². The van der Waals surface area contributed by atoms with Crippen molar-refractivity contribution in [2.24, 2.45) is 0 Å². The second-order valence-electron chi connectivity index (χ2n) is 8.94. The van der Waals surface area contributed by atoms with Crippen LogP contribution in [-0.4, -0.2) is 54.7 Å². The number of ether oxygens (including phenoxy) is 2. The van der Waals surface area contributed by atoms with Gasteiger partial charge in [-0.3, -0.25) is 9.59 Å². The van der Waals surface area contributed by atoms with Gasteiger partial charge < -0.3 is 24.2 Å². The van der Waals surface area contributed by atoms with Crippen LogP contribution in [0.3, 0.4) is 0 Å². The monoisotopic (exact) mass is 472 g/mol. The van der Waals surface area contributed by atoms with Crippen LogP contribution in [0.25, 0.3) is 0 Å². The number of likely N-dealkylation sites (N-methyl/N-ethyl adjacent to an activating group) is 1. The van der Waals surface area contributed by atoms with Crippen LogP contribution in [0, 0.1) is 0 Å². The Morgan fingerprint density at radius 3 is 2.44 bits per heavy atom. The van der Waals surface area contributed by atoms with Crippen LogP contribution in [0.4, 0.5) is 0 Å². The highest BCUT2D eigenvalue weighted by Crippen LogP contribution is 2.34. The number of nitrogens with zero attached hydrogens (tertiary/aromatic N) is 3. The normalized spacial score (nSPS) is 15.3. The molecule has 9 nitrogen and oxygen atoms in total. The molecule has 0 atom stereocenters. The molecule has 186 valence electrons. The Morgan fingerprint density at radius 2 is 1.79 bits per heavy atom. The molecule has 1 heterocycles. The summed E-state index contributed by atoms with van der Waals surface area (Å²) in [7, 11) is 5.00. The SMILES string of the molecule is COc1ccc(CCN(C)C(=O)CCc2nc(C3(NC(C)=O)CCCCCC3)no2)cc1OC. The van der Waals surface area contributed by atoms with Gasteiger partial charge in [0.15, 0.2) is 17.3 Å². The number of amides is 2. The fraction of sp³-hybridized carbons (Fsp3) is 0.600. The van der Waals surface area contributed by atoms with E-state index in [2.05, 4.69) is 15.5 Å². The number of nitrogens with one attached hydrogen (secondary N) is 1. The molecule has 0 aliphatic heterocycles. The molecule has 3 rings (SSSR count). The van der Waals surface area contributed by atoms with E-state index in [1.165, 1.54) is 6.92 Å². The lowest BCUT2D eigenvalue weighted by atomic mass is 9.89. The summed E-state index contributed by atoms with van der Waals surface area (Å²) in [5, 5.41) is 7.27. The predicted molar refractivity (Wildman–Crippen MR) is 127 cm³/mol. The van der Waals surface area contributed by atoms with Crippen molar-refractivity contribution in [2.45, 2.75) is 70.3 Å². The third-order valence-electron chi connectivity index (χ3n) is 6.43. The maximum atomic E-state index is 12.7. The van der Waals surface area contributed by atoms with Crippen molar-refractivity contribution in [3.05, 3.63) is 35.5 Å². The number of rotatable bonds is 10. The minimum Gasteiger partial charge on any atom is -0.493 e. The molecule has 1 aliphatic rings. The maximum absolute atomic E-state index is 12.7. The van der Waals surface area contributed by atoms with E-state index in [1.807, 2.05) is 18.2 Å². The van der Waals surface area contributed by atoms with Gasteiger partial charge in [-0.15, -0.1) is 0 Å². The summed E-state index contributed by atoms with van der Waals surface area (Å²) >= 11 is 0. The number of hydrogen-bond acceptors (Lipinski definition) is 7. The zero-order valence-corrected chi connectivity index (χ0v) is 20.7. The molecule has 0 unspecified atom stereocenters. The first kappa shape index (κ1) is 25.5. The van der Waals surface area contributed by atoms with Crippen molar-refractivity contribution in [1.82, 2.24) is 20.4 Å². The Bertz CT molecular complexity index is 966. The van der Waals surface area contributed by atoms with Crippen LogP contribution in [0.2, 0.25) is 0 Å². The zero-order valence-electron chi connectivity index (χ0n) is 20.7. The van der Waals surface area contributed by atoms with Crippen molar-refractivity contribution in [3.63, 3.8) is 0 Å². The number of carbonyl (C=O) groups is 2. The second-order valence-corrected chi connectivity index (χ2v) is 8.94. The molecular weight excluding hydrogens is 436 g/mol. The van der Waals surface area contributed by atoms with Gasteiger partial charge in [0.1, 0.15) is 5.54 Å². The van der Waals surface area contributed by atoms with Gasteiger partial charge in [0.2, 0.25) is 17.7 Å². The van der Waals surface area contributed by atoms with E-state index in [0.717, 1.165) is 44.1 Å². The standard InChI is InChI=1S/C25H36N4O5/c1-18(30)27-25(14-7-5-6-8-15-25)24-26-22(34-28-24)11-12-23(31)29(2)16-13-19-9-10-20(32-3)21(17-19)33-4/h9-10,17H,5-8,11-16H2,1-4H3,(H,27,30). The van der Waals surface area contributed by atoms with E-state index >= 15 is 0 Å². The maximum Gasteiger partial charge on any atom is 0.227 e. The predicted octanol–water partition coefficient (Wildman–Crippen LogP) is 3.41. The van der Waals surface area contributed by atoms with Crippen LogP contribution in [-0.2, 0) is 28.0 Å². The summed E-state index contributed by atoms with van der Waals surface area (Å²) in [6, 6.07) is 5.76. The van der Waals surface area contributed by atoms with E-state index < -0.39 is 5.54 Å². The highest BCUT2D eigenvalue weighted by Gasteiger charge is 2.38. The van der Waals surface area contributed by atoms with Crippen molar-refractivity contribution >= 4 is 11.8 Å². The molecule has 1 aromatic heterocycles. The van der Waals surface area contributed by atoms with Gasteiger partial charge in [0.25, 0.3) is 0 Å². The Labute approximate surface area is 201 Å². The fourth-order valence-corrected chi connectivity index (χ4v) is 4.49. The number of aryl methyl sites for hydroxylation is 1. The molecular formula is C25H36N4O5. The Hall–Kier alpha value is -3.10. The van der Waals surface area contributed by atoms with Crippen LogP contribution < -0.4 is 14.8 Å². The molecule has 34 heavy (non-hydrogen) atoms. The summed E-state index contributed by atoms with van der Waals surface area (Å²) in [6.45, 7) is 2.10. The largest absolute Gasteiger partial charge is 0.493 e. The number of aromatic nitrogens is 2. The first-order valence-corrected chi connectivity index (χ1v) is 11.9. The molecule has 1 saturated carbocycles. The van der Waals surface area contributed by atoms with Crippen molar-refractivity contribution in [3.8, 4) is 11.5 Å². The lowest BCUT2D eigenvalue weighted by Gasteiger charge is -2.30. The highest BCUT2D eigenvalue weighted by molar-refractivity contribution is 5.76. The molecule has 2 amide bonds. The summed E-state index contributed by atoms with van der Waals surface area (Å²) in [5.74, 6) is 2.20. The smallest absolute Gasteiger partial charge is 0.227 e. The molecule has 2 aromatic rings. The quantitative estimate of drug-likeness (QED) is 0.528. The minimum atomic E-state index is -0.579. The number of carbonyl (C=O) groups excluding carboxylic acids is 2. The number of hydrogen-bond donors (Lipinski definition) is 1. The second kappa shape index (κ2) is 11.9. The molecule has 1 aliphatic carbocycles. The van der Waals surface area contributed by atoms with Crippen LogP contribution in [0.1, 0.15) is 69.1 Å². The molecule has 1 aromatic carbocycles. The molecule has 1 fully saturated rings. The van der Waals surface area contributed by atoms with Gasteiger partial charge in [-0.25, -0.2) is 0 Å². The molecule has 0 bridgehead atoms. The van der Waals surface area contributed by atoms with Crippen molar-refractivity contribution in [2.75, 3.05) is 27.8 Å². The Kier molecular flexibility index (Phi) is 8.90. The Morgan fingerprint density at radius 1 is 1.09 bits per heavy atom. The zero-order chi connectivity index (χ0) is 24.6. The topological polar surface area (TPSA) is 107 Å². The third kappa shape index (κ3) is 6.48. The third-order valence-corrected chi connectivity index (χ3v) is 6.43. The van der Waals surface area contributed by atoms with E-state index in [4.69, 9.17) is 14.0 Å². The summed E-state index contributed by atoms with van der Waals surface area (Å²) in [4.78, 5) is 30.8. The molecule has 0 saturated heterocycles. The highest BCUT2D eigenvalue weighted by atomic mass is 16.5. The average molecular weight is 473 g/mol. The Balaban J connectivity index is 1.55. The van der Waals surface area contributed by atoms with Crippen LogP contribution in [0.15, 0.2) is 22.7 Å². The molecule has 0 radical (unpaired) electrons. The van der Waals surface area contributed by atoms with E-state index in [9.17, 15) is 9.59 Å². The van der Waals surface area contributed by atoms with Gasteiger partial charge in [-0.2, -0.15) is 4.98 Å².